The van der Waals surface area contributed by atoms with E-state index in [9.17, 15) is 0 Å². The maximum Gasteiger partial charge on any atom is 0.160 e. The molecule has 3 heterocycles. The number of para-hydroxylation sites is 1. The molecule has 0 N–H and O–H groups in total. The minimum absolute atomic E-state index is 0.728. The van der Waals surface area contributed by atoms with E-state index >= 15 is 0 Å². The summed E-state index contributed by atoms with van der Waals surface area (Å²) < 4.78 is 4.99. The van der Waals surface area contributed by atoms with Crippen molar-refractivity contribution in [1.82, 2.24) is 14.5 Å². The number of nitrogens with zero attached hydrogens (tertiary/aromatic N) is 3. The fourth-order valence-electron chi connectivity index (χ4n) is 5.54. The van der Waals surface area contributed by atoms with Crippen LogP contribution in [0.5, 0.6) is 0 Å². The summed E-state index contributed by atoms with van der Waals surface area (Å²) in [5, 5.41) is 2.52. The van der Waals surface area contributed by atoms with Crippen molar-refractivity contribution in [3.05, 3.63) is 140 Å². The zero-order valence-electron chi connectivity index (χ0n) is 21.5. The zero-order chi connectivity index (χ0) is 26.5. The van der Waals surface area contributed by atoms with Crippen molar-refractivity contribution in [1.29, 1.82) is 0 Å². The van der Waals surface area contributed by atoms with Gasteiger partial charge in [-0.15, -0.1) is 11.3 Å². The molecule has 0 saturated heterocycles. The van der Waals surface area contributed by atoms with Crippen LogP contribution in [0.4, 0.5) is 0 Å². The molecule has 8 rings (SSSR count). The predicted molar refractivity (Wildman–Crippen MR) is 168 cm³/mol. The molecule has 4 heteroatoms. The first kappa shape index (κ1) is 22.9. The first-order chi connectivity index (χ1) is 19.8. The molecule has 40 heavy (non-hydrogen) atoms. The average Bonchev–Trinajstić information content (AvgIpc) is 3.56. The van der Waals surface area contributed by atoms with Gasteiger partial charge in [0.05, 0.1) is 27.1 Å². The van der Waals surface area contributed by atoms with Gasteiger partial charge in [-0.25, -0.2) is 9.97 Å². The minimum atomic E-state index is 0.728. The largest absolute Gasteiger partial charge is 0.308 e. The molecule has 0 aliphatic rings. The van der Waals surface area contributed by atoms with E-state index in [4.69, 9.17) is 9.97 Å². The molecule has 3 aromatic heterocycles. The molecule has 5 aromatic carbocycles. The fraction of sp³-hybridized carbons (Fsp3) is 0. The number of aromatic nitrogens is 3. The Bertz CT molecular complexity index is 2090. The summed E-state index contributed by atoms with van der Waals surface area (Å²) in [6.07, 6.45) is 0. The summed E-state index contributed by atoms with van der Waals surface area (Å²) in [4.78, 5) is 10.1. The molecule has 8 aromatic rings. The van der Waals surface area contributed by atoms with Crippen LogP contribution in [-0.2, 0) is 0 Å². The molecule has 0 spiro atoms. The second-order valence-corrected chi connectivity index (χ2v) is 10.9. The fourth-order valence-corrected chi connectivity index (χ4v) is 6.76. The minimum Gasteiger partial charge on any atom is -0.308 e. The second kappa shape index (κ2) is 9.30. The summed E-state index contributed by atoms with van der Waals surface area (Å²) in [5.41, 5.74) is 8.61. The maximum atomic E-state index is 5.08. The summed E-state index contributed by atoms with van der Waals surface area (Å²) >= 11 is 1.86. The lowest BCUT2D eigenvalue weighted by Gasteiger charge is -2.10. The molecule has 0 radical (unpaired) electrons. The SMILES string of the molecule is c1ccc(-c2cc(-c3ccc4c(c3)c3sc5ccccc5c3n4-c3ccccc3)nc(-c3ccccc3)n2)cc1. The van der Waals surface area contributed by atoms with E-state index in [1.165, 1.54) is 36.9 Å². The van der Waals surface area contributed by atoms with Gasteiger partial charge in [0.25, 0.3) is 0 Å². The Labute approximate surface area is 235 Å². The maximum absolute atomic E-state index is 5.08. The van der Waals surface area contributed by atoms with Gasteiger partial charge in [-0.05, 0) is 36.4 Å². The second-order valence-electron chi connectivity index (χ2n) is 9.87. The third kappa shape index (κ3) is 3.73. The standard InChI is InChI=1S/C36H23N3S/c1-4-12-24(13-5-1)30-23-31(38-36(37-30)25-14-6-2-7-15-25)26-20-21-32-29(22-26)35-34(28-18-10-11-19-33(28)40-35)39(32)27-16-8-3-9-17-27/h1-23H. The lowest BCUT2D eigenvalue weighted by molar-refractivity contribution is 1.18. The highest BCUT2D eigenvalue weighted by atomic mass is 32.1. The number of thiophene rings is 1. The third-order valence-corrected chi connectivity index (χ3v) is 8.61. The molecule has 3 nitrogen and oxygen atoms in total. The van der Waals surface area contributed by atoms with E-state index in [2.05, 4.69) is 120 Å². The van der Waals surface area contributed by atoms with Crippen molar-refractivity contribution in [2.75, 3.05) is 0 Å². The van der Waals surface area contributed by atoms with E-state index in [-0.39, 0.29) is 0 Å². The smallest absolute Gasteiger partial charge is 0.160 e. The lowest BCUT2D eigenvalue weighted by Crippen LogP contribution is -1.96. The van der Waals surface area contributed by atoms with E-state index in [0.717, 1.165) is 33.9 Å². The Balaban J connectivity index is 1.40. The summed E-state index contributed by atoms with van der Waals surface area (Å²) in [6, 6.07) is 48.7. The average molecular weight is 530 g/mol. The Kier molecular flexibility index (Phi) is 5.32. The van der Waals surface area contributed by atoms with Crippen LogP contribution in [0, 0.1) is 0 Å². The normalized spacial score (nSPS) is 11.5. The highest BCUT2D eigenvalue weighted by Crippen LogP contribution is 2.43. The van der Waals surface area contributed by atoms with Crippen molar-refractivity contribution >= 4 is 42.5 Å². The van der Waals surface area contributed by atoms with E-state index in [1.54, 1.807) is 0 Å². The number of hydrogen-bond donors (Lipinski definition) is 0. The van der Waals surface area contributed by atoms with Gasteiger partial charge in [-0.2, -0.15) is 0 Å². The van der Waals surface area contributed by atoms with Gasteiger partial charge in [0, 0.05) is 37.9 Å². The van der Waals surface area contributed by atoms with Crippen LogP contribution in [0.15, 0.2) is 140 Å². The van der Waals surface area contributed by atoms with Crippen LogP contribution in [0.25, 0.3) is 70.8 Å². The van der Waals surface area contributed by atoms with Gasteiger partial charge in [-0.3, -0.25) is 0 Å². The molecule has 0 bridgehead atoms. The van der Waals surface area contributed by atoms with Gasteiger partial charge in [-0.1, -0.05) is 103 Å². The summed E-state index contributed by atoms with van der Waals surface area (Å²) in [5.74, 6) is 0.728. The molecule has 0 fully saturated rings. The molecular weight excluding hydrogens is 506 g/mol. The van der Waals surface area contributed by atoms with Crippen LogP contribution in [-0.4, -0.2) is 14.5 Å². The van der Waals surface area contributed by atoms with Gasteiger partial charge in [0.2, 0.25) is 0 Å². The van der Waals surface area contributed by atoms with Crippen LogP contribution in [0.3, 0.4) is 0 Å². The lowest BCUT2D eigenvalue weighted by atomic mass is 10.1. The highest BCUT2D eigenvalue weighted by Gasteiger charge is 2.19. The summed E-state index contributed by atoms with van der Waals surface area (Å²) in [6.45, 7) is 0. The molecule has 0 atom stereocenters. The molecular formula is C36H23N3S. The monoisotopic (exact) mass is 529 g/mol. The Morgan fingerprint density at radius 2 is 1.12 bits per heavy atom. The Morgan fingerprint density at radius 3 is 1.88 bits per heavy atom. The van der Waals surface area contributed by atoms with Crippen LogP contribution in [0.2, 0.25) is 0 Å². The van der Waals surface area contributed by atoms with Crippen molar-refractivity contribution in [3.63, 3.8) is 0 Å². The van der Waals surface area contributed by atoms with Crippen molar-refractivity contribution in [2.45, 2.75) is 0 Å². The highest BCUT2D eigenvalue weighted by molar-refractivity contribution is 7.26. The molecule has 0 aliphatic heterocycles. The topological polar surface area (TPSA) is 30.7 Å². The Morgan fingerprint density at radius 1 is 0.500 bits per heavy atom. The van der Waals surface area contributed by atoms with Crippen molar-refractivity contribution in [2.24, 2.45) is 0 Å². The van der Waals surface area contributed by atoms with Crippen LogP contribution in [0.1, 0.15) is 0 Å². The molecule has 0 amide bonds. The number of rotatable bonds is 4. The molecule has 188 valence electrons. The number of hydrogen-bond acceptors (Lipinski definition) is 3. The summed E-state index contributed by atoms with van der Waals surface area (Å²) in [7, 11) is 0. The first-order valence-corrected chi connectivity index (χ1v) is 14.2. The molecule has 0 saturated carbocycles. The van der Waals surface area contributed by atoms with E-state index < -0.39 is 0 Å². The Hall–Kier alpha value is -5.06. The van der Waals surface area contributed by atoms with Gasteiger partial charge in [0.1, 0.15) is 0 Å². The van der Waals surface area contributed by atoms with Crippen LogP contribution >= 0.6 is 11.3 Å². The van der Waals surface area contributed by atoms with Crippen LogP contribution < -0.4 is 0 Å². The molecule has 0 aliphatic carbocycles. The molecule has 0 unspecified atom stereocenters. The van der Waals surface area contributed by atoms with Gasteiger partial charge >= 0.3 is 0 Å². The van der Waals surface area contributed by atoms with Gasteiger partial charge in [0.15, 0.2) is 5.82 Å². The third-order valence-electron chi connectivity index (χ3n) is 7.41. The number of benzene rings is 5. The van der Waals surface area contributed by atoms with E-state index in [0.29, 0.717) is 0 Å². The zero-order valence-corrected chi connectivity index (χ0v) is 22.3. The van der Waals surface area contributed by atoms with E-state index in [1.807, 2.05) is 35.6 Å². The quantitative estimate of drug-likeness (QED) is 0.227. The predicted octanol–water partition coefficient (Wildman–Crippen LogP) is 9.79. The van der Waals surface area contributed by atoms with Gasteiger partial charge < -0.3 is 4.57 Å². The van der Waals surface area contributed by atoms with Crippen molar-refractivity contribution < 1.29 is 0 Å². The number of fused-ring (bicyclic) bond motifs is 5. The first-order valence-electron chi connectivity index (χ1n) is 13.3. The van der Waals surface area contributed by atoms with Crippen molar-refractivity contribution in [3.8, 4) is 39.6 Å².